The van der Waals surface area contributed by atoms with Crippen molar-refractivity contribution in [1.82, 2.24) is 19.9 Å². The van der Waals surface area contributed by atoms with Gasteiger partial charge in [-0.1, -0.05) is 11.2 Å². The fraction of sp³-hybridized carbons (Fsp3) is 0.708. The molecule has 2 aromatic heterocycles. The summed E-state index contributed by atoms with van der Waals surface area (Å²) in [5.74, 6) is 3.14. The van der Waals surface area contributed by atoms with Gasteiger partial charge in [-0.15, -0.1) is 22.9 Å². The summed E-state index contributed by atoms with van der Waals surface area (Å²) in [4.78, 5) is 23.7. The molecule has 2 aromatic rings. The van der Waals surface area contributed by atoms with Crippen LogP contribution >= 0.6 is 22.9 Å². The molecule has 3 heterocycles. The van der Waals surface area contributed by atoms with E-state index in [2.05, 4.69) is 19.9 Å². The SMILES string of the molecule is O=C(N1CCN(CCCc2nc(-c3cccs3)no2)CC1)C12CC3CC(CC(Cl)(C3)C1)C2. The molecule has 1 amide bonds. The number of carbonyl (C=O) groups excluding carboxylic acids is 1. The predicted molar refractivity (Wildman–Crippen MR) is 125 cm³/mol. The van der Waals surface area contributed by atoms with Crippen LogP contribution in [0.3, 0.4) is 0 Å². The van der Waals surface area contributed by atoms with Gasteiger partial charge in [0.05, 0.1) is 10.3 Å². The van der Waals surface area contributed by atoms with Crippen LogP contribution in [-0.2, 0) is 11.2 Å². The van der Waals surface area contributed by atoms with Crippen molar-refractivity contribution in [3.05, 3.63) is 23.4 Å². The summed E-state index contributed by atoms with van der Waals surface area (Å²) in [6.45, 7) is 4.58. The third-order valence-corrected chi connectivity index (χ3v) is 9.49. The second kappa shape index (κ2) is 8.10. The van der Waals surface area contributed by atoms with Crippen molar-refractivity contribution in [1.29, 1.82) is 0 Å². The van der Waals surface area contributed by atoms with Gasteiger partial charge in [0.1, 0.15) is 0 Å². The Morgan fingerprint density at radius 2 is 1.97 bits per heavy atom. The van der Waals surface area contributed by atoms with Crippen molar-refractivity contribution in [2.45, 2.75) is 56.2 Å². The van der Waals surface area contributed by atoms with Crippen molar-refractivity contribution in [3.8, 4) is 10.7 Å². The van der Waals surface area contributed by atoms with E-state index in [4.69, 9.17) is 16.1 Å². The largest absolute Gasteiger partial charge is 0.340 e. The first-order chi connectivity index (χ1) is 15.5. The molecule has 8 heteroatoms. The summed E-state index contributed by atoms with van der Waals surface area (Å²) in [6, 6.07) is 4.01. The zero-order chi connectivity index (χ0) is 21.8. The van der Waals surface area contributed by atoms with Crippen LogP contribution in [0.1, 0.15) is 50.8 Å². The molecule has 0 aromatic carbocycles. The summed E-state index contributed by atoms with van der Waals surface area (Å²) < 4.78 is 5.41. The molecule has 1 aliphatic heterocycles. The lowest BCUT2D eigenvalue weighted by molar-refractivity contribution is -0.157. The average molecular weight is 475 g/mol. The molecule has 4 saturated carbocycles. The minimum Gasteiger partial charge on any atom is -0.340 e. The van der Waals surface area contributed by atoms with Crippen LogP contribution in [0.4, 0.5) is 0 Å². The number of aromatic nitrogens is 2. The van der Waals surface area contributed by atoms with E-state index in [1.807, 2.05) is 17.5 Å². The lowest BCUT2D eigenvalue weighted by Crippen LogP contribution is -2.61. The molecule has 0 radical (unpaired) electrons. The minimum absolute atomic E-state index is 0.0975. The standard InChI is InChI=1S/C24H31ClN4O2S/c25-24-14-17-11-18(15-24)13-23(12-17,16-24)22(30)29-8-6-28(7-9-29)5-1-4-20-26-21(27-31-20)19-3-2-10-32-19/h2-3,10,17-18H,1,4-9,11-16H2. The van der Waals surface area contributed by atoms with Crippen LogP contribution in [0, 0.1) is 17.3 Å². The van der Waals surface area contributed by atoms with Crippen molar-refractivity contribution in [2.75, 3.05) is 32.7 Å². The van der Waals surface area contributed by atoms with Crippen LogP contribution in [0.2, 0.25) is 0 Å². The molecule has 2 atom stereocenters. The molecule has 5 fully saturated rings. The van der Waals surface area contributed by atoms with Crippen LogP contribution in [0.5, 0.6) is 0 Å². The van der Waals surface area contributed by atoms with Crippen LogP contribution in [-0.4, -0.2) is 63.4 Å². The topological polar surface area (TPSA) is 62.5 Å². The molecule has 4 aliphatic carbocycles. The third-order valence-electron chi connectivity index (χ3n) is 8.18. The number of alkyl halides is 1. The number of halogens is 1. The van der Waals surface area contributed by atoms with Crippen molar-refractivity contribution in [2.24, 2.45) is 17.3 Å². The quantitative estimate of drug-likeness (QED) is 0.578. The van der Waals surface area contributed by atoms with Gasteiger partial charge in [-0.25, -0.2) is 0 Å². The van der Waals surface area contributed by atoms with Crippen molar-refractivity contribution < 1.29 is 9.32 Å². The van der Waals surface area contributed by atoms with E-state index < -0.39 is 0 Å². The third kappa shape index (κ3) is 3.90. The van der Waals surface area contributed by atoms with Crippen molar-refractivity contribution >= 4 is 28.8 Å². The van der Waals surface area contributed by atoms with E-state index in [-0.39, 0.29) is 10.3 Å². The number of rotatable bonds is 6. The highest BCUT2D eigenvalue weighted by Gasteiger charge is 2.60. The van der Waals surface area contributed by atoms with E-state index in [0.717, 1.165) is 82.5 Å². The van der Waals surface area contributed by atoms with Crippen LogP contribution < -0.4 is 0 Å². The molecule has 6 nitrogen and oxygen atoms in total. The molecule has 172 valence electrons. The molecule has 4 bridgehead atoms. The Hall–Kier alpha value is -1.44. The smallest absolute Gasteiger partial charge is 0.228 e. The summed E-state index contributed by atoms with van der Waals surface area (Å²) in [6.07, 6.45) is 8.40. The summed E-state index contributed by atoms with van der Waals surface area (Å²) in [5.41, 5.74) is -0.160. The molecule has 0 N–H and O–H groups in total. The fourth-order valence-electron chi connectivity index (χ4n) is 7.23. The van der Waals surface area contributed by atoms with Gasteiger partial charge in [-0.3, -0.25) is 9.69 Å². The number of amides is 1. The molecule has 1 saturated heterocycles. The maximum Gasteiger partial charge on any atom is 0.228 e. The van der Waals surface area contributed by atoms with Crippen LogP contribution in [0.25, 0.3) is 10.7 Å². The highest BCUT2D eigenvalue weighted by atomic mass is 35.5. The number of aryl methyl sites for hydroxylation is 1. The zero-order valence-corrected chi connectivity index (χ0v) is 20.0. The van der Waals surface area contributed by atoms with E-state index >= 15 is 0 Å². The lowest BCUT2D eigenvalue weighted by Gasteiger charge is -2.60. The molecule has 0 spiro atoms. The number of hydrogen-bond acceptors (Lipinski definition) is 6. The monoisotopic (exact) mass is 474 g/mol. The zero-order valence-electron chi connectivity index (χ0n) is 18.5. The normalized spacial score (nSPS) is 34.3. The van der Waals surface area contributed by atoms with Gasteiger partial charge >= 0.3 is 0 Å². The van der Waals surface area contributed by atoms with E-state index in [1.165, 1.54) is 6.42 Å². The molecule has 32 heavy (non-hydrogen) atoms. The van der Waals surface area contributed by atoms with E-state index in [0.29, 0.717) is 29.5 Å². The summed E-state index contributed by atoms with van der Waals surface area (Å²) >= 11 is 8.59. The number of piperazine rings is 1. The first kappa shape index (κ1) is 21.1. The maximum atomic E-state index is 13.6. The highest BCUT2D eigenvalue weighted by Crippen LogP contribution is 2.64. The molecule has 5 aliphatic rings. The van der Waals surface area contributed by atoms with Gasteiger partial charge in [-0.2, -0.15) is 4.98 Å². The Balaban J connectivity index is 0.989. The Morgan fingerprint density at radius 3 is 2.66 bits per heavy atom. The summed E-state index contributed by atoms with van der Waals surface area (Å²) in [7, 11) is 0. The highest BCUT2D eigenvalue weighted by molar-refractivity contribution is 7.13. The van der Waals surface area contributed by atoms with Crippen LogP contribution in [0.15, 0.2) is 22.0 Å². The number of carbonyl (C=O) groups is 1. The van der Waals surface area contributed by atoms with Crippen molar-refractivity contribution in [3.63, 3.8) is 0 Å². The second-order valence-electron chi connectivity index (χ2n) is 10.6. The Kier molecular flexibility index (Phi) is 5.35. The number of nitrogens with zero attached hydrogens (tertiary/aromatic N) is 4. The fourth-order valence-corrected chi connectivity index (χ4v) is 8.57. The minimum atomic E-state index is -0.160. The average Bonchev–Trinajstić information content (AvgIpc) is 3.44. The molecular formula is C24H31ClN4O2S. The second-order valence-corrected chi connectivity index (χ2v) is 12.4. The number of hydrogen-bond donors (Lipinski definition) is 0. The lowest BCUT2D eigenvalue weighted by atomic mass is 9.49. The van der Waals surface area contributed by atoms with Gasteiger partial charge in [0.25, 0.3) is 0 Å². The van der Waals surface area contributed by atoms with Gasteiger partial charge in [0.15, 0.2) is 0 Å². The number of thiophene rings is 1. The molecule has 7 rings (SSSR count). The van der Waals surface area contributed by atoms with E-state index in [1.54, 1.807) is 11.3 Å². The predicted octanol–water partition coefficient (Wildman–Crippen LogP) is 4.45. The van der Waals surface area contributed by atoms with Gasteiger partial charge in [-0.05, 0) is 74.8 Å². The first-order valence-corrected chi connectivity index (χ1v) is 13.3. The van der Waals surface area contributed by atoms with E-state index in [9.17, 15) is 4.79 Å². The molecule has 2 unspecified atom stereocenters. The Labute approximate surface area is 198 Å². The molecular weight excluding hydrogens is 444 g/mol. The Bertz CT molecular complexity index is 955. The Morgan fingerprint density at radius 1 is 1.19 bits per heavy atom. The maximum absolute atomic E-state index is 13.6. The van der Waals surface area contributed by atoms with Gasteiger partial charge in [0.2, 0.25) is 17.6 Å². The van der Waals surface area contributed by atoms with Gasteiger partial charge < -0.3 is 9.42 Å². The summed E-state index contributed by atoms with van der Waals surface area (Å²) in [5, 5.41) is 6.11. The van der Waals surface area contributed by atoms with Gasteiger partial charge in [0, 0.05) is 37.5 Å². The first-order valence-electron chi connectivity index (χ1n) is 12.1.